The predicted octanol–water partition coefficient (Wildman–Crippen LogP) is 1.66. The summed E-state index contributed by atoms with van der Waals surface area (Å²) in [7, 11) is 0. The van der Waals surface area contributed by atoms with E-state index in [4.69, 9.17) is 5.11 Å². The molecule has 4 amide bonds. The van der Waals surface area contributed by atoms with Gasteiger partial charge in [-0.3, -0.25) is 19.3 Å². The zero-order valence-electron chi connectivity index (χ0n) is 16.1. The van der Waals surface area contributed by atoms with Gasteiger partial charge in [0.2, 0.25) is 5.91 Å². The third-order valence-corrected chi connectivity index (χ3v) is 6.12. The zero-order valence-corrected chi connectivity index (χ0v) is 16.9. The molecule has 0 unspecified atom stereocenters. The highest BCUT2D eigenvalue weighted by Gasteiger charge is 2.48. The van der Waals surface area contributed by atoms with Crippen LogP contribution in [0.2, 0.25) is 0 Å². The molecule has 1 atom stereocenters. The number of imide groups is 1. The number of carboxylic acids is 1. The van der Waals surface area contributed by atoms with Gasteiger partial charge in [0.1, 0.15) is 6.04 Å². The Balaban J connectivity index is 1.61. The Morgan fingerprint density at radius 3 is 2.64 bits per heavy atom. The monoisotopic (exact) mass is 407 g/mol. The molecule has 28 heavy (non-hydrogen) atoms. The maximum absolute atomic E-state index is 12.8. The van der Waals surface area contributed by atoms with Gasteiger partial charge in [-0.25, -0.2) is 4.79 Å². The van der Waals surface area contributed by atoms with Crippen LogP contribution < -0.4 is 0 Å². The Morgan fingerprint density at radius 2 is 2.00 bits per heavy atom. The lowest BCUT2D eigenvalue weighted by Crippen LogP contribution is -2.55. The van der Waals surface area contributed by atoms with E-state index in [9.17, 15) is 19.2 Å². The van der Waals surface area contributed by atoms with Crippen molar-refractivity contribution in [2.45, 2.75) is 39.2 Å². The molecular formula is C19H25N3O5S. The van der Waals surface area contributed by atoms with Gasteiger partial charge >= 0.3 is 12.0 Å². The highest BCUT2D eigenvalue weighted by molar-refractivity contribution is 7.09. The van der Waals surface area contributed by atoms with Crippen molar-refractivity contribution in [3.8, 4) is 0 Å². The SMILES string of the molecule is CC(C)(CC(=O)O)CC(=O)N1CCN2C(=O)N(CCc3cccs3)C(=O)[C@H]2C1. The van der Waals surface area contributed by atoms with Crippen molar-refractivity contribution in [3.63, 3.8) is 0 Å². The van der Waals surface area contributed by atoms with Crippen molar-refractivity contribution in [1.29, 1.82) is 0 Å². The summed E-state index contributed by atoms with van der Waals surface area (Å²) in [6.07, 6.45) is 0.619. The molecule has 0 aliphatic carbocycles. The number of aliphatic carboxylic acids is 1. The van der Waals surface area contributed by atoms with Gasteiger partial charge in [0.15, 0.2) is 0 Å². The first-order valence-corrected chi connectivity index (χ1v) is 10.2. The Bertz CT molecular complexity index is 777. The van der Waals surface area contributed by atoms with Crippen LogP contribution in [0.3, 0.4) is 0 Å². The van der Waals surface area contributed by atoms with Crippen molar-refractivity contribution in [1.82, 2.24) is 14.7 Å². The smallest absolute Gasteiger partial charge is 0.327 e. The molecule has 8 nitrogen and oxygen atoms in total. The van der Waals surface area contributed by atoms with Gasteiger partial charge in [-0.2, -0.15) is 0 Å². The molecule has 0 saturated carbocycles. The first-order chi connectivity index (χ1) is 13.2. The van der Waals surface area contributed by atoms with Crippen molar-refractivity contribution in [2.24, 2.45) is 5.41 Å². The average Bonchev–Trinajstić information content (AvgIpc) is 3.19. The van der Waals surface area contributed by atoms with Crippen molar-refractivity contribution >= 4 is 35.2 Å². The number of hydrogen-bond acceptors (Lipinski definition) is 5. The van der Waals surface area contributed by atoms with E-state index >= 15 is 0 Å². The largest absolute Gasteiger partial charge is 0.481 e. The number of piperazine rings is 1. The quantitative estimate of drug-likeness (QED) is 0.693. The summed E-state index contributed by atoms with van der Waals surface area (Å²) < 4.78 is 0. The van der Waals surface area contributed by atoms with E-state index in [2.05, 4.69) is 0 Å². The van der Waals surface area contributed by atoms with Gasteiger partial charge in [-0.05, 0) is 23.3 Å². The molecule has 3 heterocycles. The summed E-state index contributed by atoms with van der Waals surface area (Å²) >= 11 is 1.59. The lowest BCUT2D eigenvalue weighted by Gasteiger charge is -2.36. The Morgan fingerprint density at radius 1 is 1.25 bits per heavy atom. The second kappa shape index (κ2) is 7.90. The topological polar surface area (TPSA) is 98.2 Å². The summed E-state index contributed by atoms with van der Waals surface area (Å²) in [6, 6.07) is 2.98. The van der Waals surface area contributed by atoms with Gasteiger partial charge in [0.25, 0.3) is 5.91 Å². The standard InChI is InChI=1S/C19H25N3O5S/c1-19(2,11-16(24)25)10-15(23)20-7-8-21-14(12-20)17(26)22(18(21)27)6-5-13-4-3-9-28-13/h3-4,9,14H,5-8,10-12H2,1-2H3,(H,24,25)/t14-/m1/s1. The number of amides is 4. The Hall–Kier alpha value is -2.42. The zero-order chi connectivity index (χ0) is 20.5. The van der Waals surface area contributed by atoms with Crippen LogP contribution in [0.5, 0.6) is 0 Å². The predicted molar refractivity (Wildman–Crippen MR) is 103 cm³/mol. The fourth-order valence-corrected chi connectivity index (χ4v) is 4.45. The summed E-state index contributed by atoms with van der Waals surface area (Å²) in [5, 5.41) is 10.9. The van der Waals surface area contributed by atoms with Crippen LogP contribution in [-0.2, 0) is 20.8 Å². The number of fused-ring (bicyclic) bond motifs is 1. The first-order valence-electron chi connectivity index (χ1n) is 9.32. The fourth-order valence-electron chi connectivity index (χ4n) is 3.75. The minimum atomic E-state index is -0.944. The highest BCUT2D eigenvalue weighted by Crippen LogP contribution is 2.28. The molecule has 0 bridgehead atoms. The molecule has 0 spiro atoms. The lowest BCUT2D eigenvalue weighted by atomic mass is 9.85. The summed E-state index contributed by atoms with van der Waals surface area (Å²) in [4.78, 5) is 54.5. The number of urea groups is 1. The van der Waals surface area contributed by atoms with Crippen LogP contribution in [0.25, 0.3) is 0 Å². The molecule has 3 rings (SSSR count). The van der Waals surface area contributed by atoms with E-state index in [1.807, 2.05) is 17.5 Å². The molecule has 9 heteroatoms. The van der Waals surface area contributed by atoms with Crippen molar-refractivity contribution in [3.05, 3.63) is 22.4 Å². The van der Waals surface area contributed by atoms with E-state index in [0.29, 0.717) is 26.1 Å². The molecule has 1 aromatic heterocycles. The molecule has 1 aromatic rings. The minimum absolute atomic E-state index is 0.0935. The van der Waals surface area contributed by atoms with E-state index in [0.717, 1.165) is 4.88 Å². The lowest BCUT2D eigenvalue weighted by molar-refractivity contribution is -0.141. The Kier molecular flexibility index (Phi) is 5.74. The third-order valence-electron chi connectivity index (χ3n) is 5.18. The average molecular weight is 407 g/mol. The summed E-state index contributed by atoms with van der Waals surface area (Å²) in [5.74, 6) is -1.38. The summed E-state index contributed by atoms with van der Waals surface area (Å²) in [6.45, 7) is 4.66. The third kappa shape index (κ3) is 4.35. The molecular weight excluding hydrogens is 382 g/mol. The molecule has 2 fully saturated rings. The number of nitrogens with zero attached hydrogens (tertiary/aromatic N) is 3. The van der Waals surface area contributed by atoms with Crippen molar-refractivity contribution in [2.75, 3.05) is 26.2 Å². The molecule has 2 aliphatic rings. The summed E-state index contributed by atoms with van der Waals surface area (Å²) in [5.41, 5.74) is -0.664. The molecule has 152 valence electrons. The van der Waals surface area contributed by atoms with Gasteiger partial charge in [0.05, 0.1) is 13.0 Å². The van der Waals surface area contributed by atoms with E-state index in [1.165, 1.54) is 4.90 Å². The minimum Gasteiger partial charge on any atom is -0.481 e. The fraction of sp³-hybridized carbons (Fsp3) is 0.579. The van der Waals surface area contributed by atoms with Crippen LogP contribution in [0.15, 0.2) is 17.5 Å². The van der Waals surface area contributed by atoms with E-state index < -0.39 is 17.4 Å². The highest BCUT2D eigenvalue weighted by atomic mass is 32.1. The maximum atomic E-state index is 12.8. The number of carbonyl (C=O) groups excluding carboxylic acids is 3. The van der Waals surface area contributed by atoms with Gasteiger partial charge in [-0.1, -0.05) is 19.9 Å². The number of rotatable bonds is 7. The molecule has 1 N–H and O–H groups in total. The molecule has 0 aromatic carbocycles. The van der Waals surface area contributed by atoms with Crippen LogP contribution in [-0.4, -0.2) is 75.8 Å². The van der Waals surface area contributed by atoms with Crippen LogP contribution in [0.4, 0.5) is 4.79 Å². The van der Waals surface area contributed by atoms with E-state index in [1.54, 1.807) is 35.0 Å². The normalized spacial score (nSPS) is 19.9. The number of thiophene rings is 1. The number of carboxylic acid groups (broad SMARTS) is 1. The number of hydrogen-bond donors (Lipinski definition) is 1. The van der Waals surface area contributed by atoms with Crippen LogP contribution in [0.1, 0.15) is 31.6 Å². The second-order valence-electron chi connectivity index (χ2n) is 8.06. The molecule has 0 radical (unpaired) electrons. The van der Waals surface area contributed by atoms with Crippen LogP contribution >= 0.6 is 11.3 Å². The maximum Gasteiger partial charge on any atom is 0.327 e. The first kappa shape index (κ1) is 20.3. The van der Waals surface area contributed by atoms with Gasteiger partial charge in [-0.15, -0.1) is 11.3 Å². The molecule has 2 aliphatic heterocycles. The van der Waals surface area contributed by atoms with E-state index in [-0.39, 0.29) is 37.2 Å². The van der Waals surface area contributed by atoms with Crippen molar-refractivity contribution < 1.29 is 24.3 Å². The van der Waals surface area contributed by atoms with Gasteiger partial charge < -0.3 is 14.9 Å². The van der Waals surface area contributed by atoms with Gasteiger partial charge in [0, 0.05) is 30.9 Å². The molecule has 2 saturated heterocycles. The Labute approximate surface area is 167 Å². The van der Waals surface area contributed by atoms with Crippen LogP contribution in [0, 0.1) is 5.41 Å². The second-order valence-corrected chi connectivity index (χ2v) is 9.09. The number of carbonyl (C=O) groups is 4.